The van der Waals surface area contributed by atoms with Crippen molar-refractivity contribution in [3.8, 4) is 0 Å². The highest BCUT2D eigenvalue weighted by molar-refractivity contribution is 5.74. The van der Waals surface area contributed by atoms with Crippen molar-refractivity contribution in [3.63, 3.8) is 0 Å². The van der Waals surface area contributed by atoms with Crippen LogP contribution in [0.5, 0.6) is 0 Å². The molecule has 2 rings (SSSR count). The number of nitrogens with two attached hydrogens (primary N) is 1. The van der Waals surface area contributed by atoms with Crippen molar-refractivity contribution in [1.29, 1.82) is 0 Å². The molecule has 0 unspecified atom stereocenters. The third-order valence-electron chi connectivity index (χ3n) is 4.74. The molecule has 122 valence electrons. The van der Waals surface area contributed by atoms with Gasteiger partial charge < -0.3 is 20.9 Å². The van der Waals surface area contributed by atoms with Crippen LogP contribution in [0.15, 0.2) is 0 Å². The molecular weight excluding hydrogens is 264 g/mol. The van der Waals surface area contributed by atoms with Crippen LogP contribution >= 0.6 is 0 Å². The Balaban J connectivity index is 1.66. The molecule has 2 aliphatic rings. The van der Waals surface area contributed by atoms with Crippen LogP contribution in [-0.4, -0.2) is 61.1 Å². The van der Waals surface area contributed by atoms with E-state index in [0.29, 0.717) is 6.04 Å². The predicted octanol–water partition coefficient (Wildman–Crippen LogP) is 1.78. The molecule has 0 aromatic carbocycles. The monoisotopic (exact) mass is 296 g/mol. The minimum atomic E-state index is 0.159. The number of rotatable bonds is 6. The normalized spacial score (nSPS) is 21.5. The highest BCUT2D eigenvalue weighted by Crippen LogP contribution is 2.18. The molecule has 1 saturated heterocycles. The minimum absolute atomic E-state index is 0.159. The Bertz CT molecular complexity index is 305. The van der Waals surface area contributed by atoms with E-state index < -0.39 is 0 Å². The van der Waals surface area contributed by atoms with Crippen LogP contribution in [0.3, 0.4) is 0 Å². The average molecular weight is 296 g/mol. The van der Waals surface area contributed by atoms with Gasteiger partial charge in [-0.25, -0.2) is 4.79 Å². The lowest BCUT2D eigenvalue weighted by Crippen LogP contribution is -2.45. The van der Waals surface area contributed by atoms with Crippen molar-refractivity contribution in [2.75, 3.05) is 39.3 Å². The molecule has 5 nitrogen and oxygen atoms in total. The Morgan fingerprint density at radius 3 is 2.57 bits per heavy atom. The highest BCUT2D eigenvalue weighted by Gasteiger charge is 2.22. The maximum atomic E-state index is 12.3. The lowest BCUT2D eigenvalue weighted by atomic mass is 10.2. The second kappa shape index (κ2) is 9.26. The van der Waals surface area contributed by atoms with E-state index >= 15 is 0 Å². The third kappa shape index (κ3) is 5.83. The molecule has 0 bridgehead atoms. The quantitative estimate of drug-likeness (QED) is 0.734. The van der Waals surface area contributed by atoms with Gasteiger partial charge in [-0.15, -0.1) is 0 Å². The van der Waals surface area contributed by atoms with Crippen LogP contribution in [0.2, 0.25) is 0 Å². The van der Waals surface area contributed by atoms with Gasteiger partial charge in [-0.05, 0) is 51.7 Å². The van der Waals surface area contributed by atoms with E-state index in [1.54, 1.807) is 0 Å². The van der Waals surface area contributed by atoms with E-state index in [1.165, 1.54) is 25.7 Å². The number of unbranched alkanes of at least 4 members (excludes halogenated alkanes) is 2. The molecule has 1 aliphatic heterocycles. The van der Waals surface area contributed by atoms with Crippen molar-refractivity contribution in [2.24, 2.45) is 5.73 Å². The van der Waals surface area contributed by atoms with Gasteiger partial charge >= 0.3 is 6.03 Å². The second-order valence-electron chi connectivity index (χ2n) is 6.46. The minimum Gasteiger partial charge on any atom is -0.335 e. The Labute approximate surface area is 129 Å². The maximum absolute atomic E-state index is 12.3. The summed E-state index contributed by atoms with van der Waals surface area (Å²) < 4.78 is 0. The van der Waals surface area contributed by atoms with E-state index in [4.69, 9.17) is 5.73 Å². The smallest absolute Gasteiger partial charge is 0.317 e. The van der Waals surface area contributed by atoms with Gasteiger partial charge in [-0.2, -0.15) is 0 Å². The first-order valence-corrected chi connectivity index (χ1v) is 8.77. The van der Waals surface area contributed by atoms with Crippen molar-refractivity contribution in [3.05, 3.63) is 0 Å². The lowest BCUT2D eigenvalue weighted by molar-refractivity contribution is 0.194. The number of nitrogens with one attached hydrogen (secondary N) is 1. The average Bonchev–Trinajstić information content (AvgIpc) is 2.87. The van der Waals surface area contributed by atoms with E-state index in [-0.39, 0.29) is 6.03 Å². The second-order valence-corrected chi connectivity index (χ2v) is 6.46. The Morgan fingerprint density at radius 2 is 1.81 bits per heavy atom. The number of nitrogens with zero attached hydrogens (tertiary/aromatic N) is 2. The van der Waals surface area contributed by atoms with Crippen LogP contribution in [-0.2, 0) is 0 Å². The summed E-state index contributed by atoms with van der Waals surface area (Å²) in [5.41, 5.74) is 5.53. The Kier molecular flexibility index (Phi) is 7.30. The summed E-state index contributed by atoms with van der Waals surface area (Å²) in [5, 5.41) is 3.21. The number of amides is 2. The van der Waals surface area contributed by atoms with E-state index in [2.05, 4.69) is 10.2 Å². The van der Waals surface area contributed by atoms with E-state index in [0.717, 1.165) is 65.0 Å². The summed E-state index contributed by atoms with van der Waals surface area (Å²) in [4.78, 5) is 16.8. The summed E-state index contributed by atoms with van der Waals surface area (Å²) >= 11 is 0. The fourth-order valence-electron chi connectivity index (χ4n) is 3.39. The molecule has 1 aliphatic carbocycles. The highest BCUT2D eigenvalue weighted by atomic mass is 16.2. The van der Waals surface area contributed by atoms with Gasteiger partial charge in [0.15, 0.2) is 0 Å². The van der Waals surface area contributed by atoms with Crippen LogP contribution in [0, 0.1) is 0 Å². The number of carbonyl (C=O) groups is 1. The molecule has 3 N–H and O–H groups in total. The summed E-state index contributed by atoms with van der Waals surface area (Å²) in [7, 11) is 0. The number of carbonyl (C=O) groups excluding carboxylic acids is 1. The number of urea groups is 1. The fourth-order valence-corrected chi connectivity index (χ4v) is 3.39. The summed E-state index contributed by atoms with van der Waals surface area (Å²) in [6.07, 6.45) is 9.52. The van der Waals surface area contributed by atoms with E-state index in [9.17, 15) is 4.79 Å². The molecule has 2 fully saturated rings. The van der Waals surface area contributed by atoms with Crippen LogP contribution in [0.1, 0.15) is 51.4 Å². The van der Waals surface area contributed by atoms with Crippen LogP contribution in [0.4, 0.5) is 4.79 Å². The van der Waals surface area contributed by atoms with Gasteiger partial charge in [0, 0.05) is 25.7 Å². The zero-order chi connectivity index (χ0) is 14.9. The van der Waals surface area contributed by atoms with Gasteiger partial charge in [0.25, 0.3) is 0 Å². The molecule has 0 aromatic rings. The molecular formula is C16H32N4O. The lowest BCUT2D eigenvalue weighted by Gasteiger charge is -2.24. The third-order valence-corrected chi connectivity index (χ3v) is 4.74. The summed E-state index contributed by atoms with van der Waals surface area (Å²) in [5.74, 6) is 0. The number of hydrogen-bond donors (Lipinski definition) is 2. The Hall–Kier alpha value is -0.810. The molecule has 5 heteroatoms. The first-order chi connectivity index (χ1) is 10.3. The van der Waals surface area contributed by atoms with Crippen molar-refractivity contribution in [1.82, 2.24) is 15.1 Å². The van der Waals surface area contributed by atoms with Crippen molar-refractivity contribution in [2.45, 2.75) is 57.4 Å². The molecule has 1 heterocycles. The molecule has 0 spiro atoms. The van der Waals surface area contributed by atoms with Gasteiger partial charge in [-0.3, -0.25) is 0 Å². The van der Waals surface area contributed by atoms with Crippen LogP contribution < -0.4 is 11.1 Å². The molecule has 1 saturated carbocycles. The summed E-state index contributed by atoms with van der Waals surface area (Å²) in [6, 6.07) is 0.583. The fraction of sp³-hybridized carbons (Fsp3) is 0.938. The molecule has 21 heavy (non-hydrogen) atoms. The zero-order valence-corrected chi connectivity index (χ0v) is 13.4. The SMILES string of the molecule is NCCCCCN1CCCN(C(=O)NC2CCCC2)CC1. The predicted molar refractivity (Wildman–Crippen MR) is 86.3 cm³/mol. The van der Waals surface area contributed by atoms with E-state index in [1.807, 2.05) is 4.90 Å². The van der Waals surface area contributed by atoms with Gasteiger partial charge in [0.05, 0.1) is 0 Å². The first kappa shape index (κ1) is 16.6. The van der Waals surface area contributed by atoms with Crippen molar-refractivity contribution < 1.29 is 4.79 Å². The number of hydrogen-bond acceptors (Lipinski definition) is 3. The zero-order valence-electron chi connectivity index (χ0n) is 13.4. The summed E-state index contributed by atoms with van der Waals surface area (Å²) in [6.45, 7) is 5.86. The largest absolute Gasteiger partial charge is 0.335 e. The van der Waals surface area contributed by atoms with Crippen molar-refractivity contribution >= 4 is 6.03 Å². The molecule has 2 amide bonds. The maximum Gasteiger partial charge on any atom is 0.317 e. The van der Waals surface area contributed by atoms with Crippen LogP contribution in [0.25, 0.3) is 0 Å². The molecule has 0 aromatic heterocycles. The van der Waals surface area contributed by atoms with Gasteiger partial charge in [0.1, 0.15) is 0 Å². The van der Waals surface area contributed by atoms with Gasteiger partial charge in [0.2, 0.25) is 0 Å². The molecule has 0 radical (unpaired) electrons. The first-order valence-electron chi connectivity index (χ1n) is 8.77. The standard InChI is InChI=1S/C16H32N4O/c17-9-4-1-5-10-19-11-6-12-20(14-13-19)16(21)18-15-7-2-3-8-15/h15H,1-14,17H2,(H,18,21). The Morgan fingerprint density at radius 1 is 1.00 bits per heavy atom. The topological polar surface area (TPSA) is 61.6 Å². The van der Waals surface area contributed by atoms with Gasteiger partial charge in [-0.1, -0.05) is 19.3 Å². The molecule has 0 atom stereocenters.